The number of hydrogen-bond acceptors (Lipinski definition) is 2. The van der Waals surface area contributed by atoms with Crippen LogP contribution in [0.15, 0.2) is 18.2 Å². The van der Waals surface area contributed by atoms with E-state index in [9.17, 15) is 9.90 Å². The predicted molar refractivity (Wildman–Crippen MR) is 73.9 cm³/mol. The maximum Gasteiger partial charge on any atom is 0.255 e. The van der Waals surface area contributed by atoms with Crippen molar-refractivity contribution in [1.29, 1.82) is 0 Å². The van der Waals surface area contributed by atoms with Gasteiger partial charge in [-0.15, -0.1) is 0 Å². The number of rotatable bonds is 6. The van der Waals surface area contributed by atoms with Crippen LogP contribution in [-0.2, 0) is 0 Å². The summed E-state index contributed by atoms with van der Waals surface area (Å²) in [6.07, 6.45) is 4.47. The highest BCUT2D eigenvalue weighted by atomic mass is 16.3. The summed E-state index contributed by atoms with van der Waals surface area (Å²) >= 11 is 0. The van der Waals surface area contributed by atoms with E-state index in [1.807, 2.05) is 19.9 Å². The van der Waals surface area contributed by atoms with Gasteiger partial charge in [-0.2, -0.15) is 0 Å². The van der Waals surface area contributed by atoms with Gasteiger partial charge in [0.25, 0.3) is 5.91 Å². The van der Waals surface area contributed by atoms with Crippen molar-refractivity contribution in [2.24, 2.45) is 0 Å². The number of amides is 1. The fourth-order valence-corrected chi connectivity index (χ4v) is 1.91. The number of phenols is 1. The molecule has 1 aromatic rings. The van der Waals surface area contributed by atoms with Crippen LogP contribution in [0.5, 0.6) is 5.75 Å². The van der Waals surface area contributed by atoms with E-state index >= 15 is 0 Å². The van der Waals surface area contributed by atoms with Crippen LogP contribution < -0.4 is 5.32 Å². The van der Waals surface area contributed by atoms with Crippen molar-refractivity contribution >= 4 is 5.91 Å². The Morgan fingerprint density at radius 1 is 1.39 bits per heavy atom. The van der Waals surface area contributed by atoms with Crippen LogP contribution >= 0.6 is 0 Å². The second-order valence-corrected chi connectivity index (χ2v) is 4.89. The minimum absolute atomic E-state index is 0.0493. The minimum Gasteiger partial charge on any atom is -0.507 e. The lowest BCUT2D eigenvalue weighted by molar-refractivity contribution is 0.0935. The second-order valence-electron chi connectivity index (χ2n) is 4.89. The molecule has 0 saturated heterocycles. The first kappa shape index (κ1) is 14.6. The predicted octanol–water partition coefficient (Wildman–Crippen LogP) is 3.40. The number of nitrogens with one attached hydrogen (secondary N) is 1. The zero-order chi connectivity index (χ0) is 13.5. The lowest BCUT2D eigenvalue weighted by Gasteiger charge is -2.14. The molecule has 1 unspecified atom stereocenters. The number of benzene rings is 1. The molecule has 1 rings (SSSR count). The van der Waals surface area contributed by atoms with Crippen molar-refractivity contribution in [3.8, 4) is 5.75 Å². The van der Waals surface area contributed by atoms with E-state index in [0.29, 0.717) is 5.56 Å². The Kier molecular flexibility index (Phi) is 5.69. The fraction of sp³-hybridized carbons (Fsp3) is 0.533. The summed E-state index contributed by atoms with van der Waals surface area (Å²) < 4.78 is 0. The van der Waals surface area contributed by atoms with Gasteiger partial charge < -0.3 is 10.4 Å². The molecule has 0 fully saturated rings. The molecule has 0 aliphatic carbocycles. The highest BCUT2D eigenvalue weighted by Gasteiger charge is 2.13. The standard InChI is InChI=1S/C15H23NO2/c1-4-5-6-7-12(3)16-15(18)13-9-8-11(2)10-14(13)17/h8-10,12,17H,4-7H2,1-3H3,(H,16,18). The number of hydrogen-bond donors (Lipinski definition) is 2. The van der Waals surface area contributed by atoms with Crippen LogP contribution in [0.3, 0.4) is 0 Å². The summed E-state index contributed by atoms with van der Waals surface area (Å²) in [6, 6.07) is 5.25. The highest BCUT2D eigenvalue weighted by Crippen LogP contribution is 2.18. The van der Waals surface area contributed by atoms with Gasteiger partial charge in [0, 0.05) is 6.04 Å². The Hall–Kier alpha value is -1.51. The summed E-state index contributed by atoms with van der Waals surface area (Å²) in [6.45, 7) is 6.04. The van der Waals surface area contributed by atoms with Gasteiger partial charge in [-0.25, -0.2) is 0 Å². The number of aryl methyl sites for hydroxylation is 1. The van der Waals surface area contributed by atoms with Crippen LogP contribution in [0, 0.1) is 6.92 Å². The number of aromatic hydroxyl groups is 1. The average molecular weight is 249 g/mol. The quantitative estimate of drug-likeness (QED) is 0.759. The third-order valence-corrected chi connectivity index (χ3v) is 3.02. The zero-order valence-corrected chi connectivity index (χ0v) is 11.5. The maximum atomic E-state index is 11.9. The topological polar surface area (TPSA) is 49.3 Å². The van der Waals surface area contributed by atoms with E-state index < -0.39 is 0 Å². The molecule has 3 nitrogen and oxygen atoms in total. The van der Waals surface area contributed by atoms with Crippen molar-refractivity contribution in [3.63, 3.8) is 0 Å². The maximum absolute atomic E-state index is 11.9. The van der Waals surface area contributed by atoms with Gasteiger partial charge in [-0.3, -0.25) is 4.79 Å². The molecule has 0 spiro atoms. The Balaban J connectivity index is 2.54. The smallest absolute Gasteiger partial charge is 0.255 e. The van der Waals surface area contributed by atoms with Crippen molar-refractivity contribution in [3.05, 3.63) is 29.3 Å². The van der Waals surface area contributed by atoms with Crippen molar-refractivity contribution < 1.29 is 9.90 Å². The van der Waals surface area contributed by atoms with Gasteiger partial charge >= 0.3 is 0 Å². The van der Waals surface area contributed by atoms with E-state index in [1.54, 1.807) is 12.1 Å². The molecule has 0 saturated carbocycles. The number of phenolic OH excluding ortho intramolecular Hbond substituents is 1. The van der Waals surface area contributed by atoms with Crippen molar-refractivity contribution in [1.82, 2.24) is 5.32 Å². The Morgan fingerprint density at radius 2 is 2.11 bits per heavy atom. The molecule has 1 amide bonds. The zero-order valence-electron chi connectivity index (χ0n) is 11.5. The highest BCUT2D eigenvalue weighted by molar-refractivity contribution is 5.97. The second kappa shape index (κ2) is 7.04. The number of unbranched alkanes of at least 4 members (excludes halogenated alkanes) is 2. The summed E-state index contributed by atoms with van der Waals surface area (Å²) in [4.78, 5) is 11.9. The van der Waals surface area contributed by atoms with E-state index in [0.717, 1.165) is 18.4 Å². The van der Waals surface area contributed by atoms with E-state index in [2.05, 4.69) is 12.2 Å². The third kappa shape index (κ3) is 4.40. The van der Waals surface area contributed by atoms with Gasteiger partial charge in [-0.05, 0) is 38.0 Å². The fourth-order valence-electron chi connectivity index (χ4n) is 1.91. The molecular formula is C15H23NO2. The van der Waals surface area contributed by atoms with Gasteiger partial charge in [-0.1, -0.05) is 32.3 Å². The summed E-state index contributed by atoms with van der Waals surface area (Å²) in [7, 11) is 0. The van der Waals surface area contributed by atoms with E-state index in [1.165, 1.54) is 12.8 Å². The van der Waals surface area contributed by atoms with Crippen molar-refractivity contribution in [2.75, 3.05) is 0 Å². The molecule has 3 heteroatoms. The average Bonchev–Trinajstić information content (AvgIpc) is 2.28. The number of carbonyl (C=O) groups excluding carboxylic acids is 1. The summed E-state index contributed by atoms with van der Waals surface area (Å²) in [5, 5.41) is 12.6. The van der Waals surface area contributed by atoms with Crippen LogP contribution in [-0.4, -0.2) is 17.1 Å². The molecule has 1 atom stereocenters. The minimum atomic E-state index is -0.198. The van der Waals surface area contributed by atoms with E-state index in [4.69, 9.17) is 0 Å². The molecule has 100 valence electrons. The molecule has 0 aliphatic rings. The molecule has 0 aromatic heterocycles. The van der Waals surface area contributed by atoms with Crippen LogP contribution in [0.2, 0.25) is 0 Å². The first-order valence-electron chi connectivity index (χ1n) is 6.65. The molecule has 0 radical (unpaired) electrons. The first-order valence-corrected chi connectivity index (χ1v) is 6.65. The molecule has 0 aliphatic heterocycles. The lowest BCUT2D eigenvalue weighted by Crippen LogP contribution is -2.32. The molecule has 1 aromatic carbocycles. The SMILES string of the molecule is CCCCCC(C)NC(=O)c1ccc(C)cc1O. The number of carbonyl (C=O) groups is 1. The van der Waals surface area contributed by atoms with Gasteiger partial charge in [0.1, 0.15) is 5.75 Å². The van der Waals surface area contributed by atoms with Gasteiger partial charge in [0.05, 0.1) is 5.56 Å². The Bertz CT molecular complexity index is 401. The molecular weight excluding hydrogens is 226 g/mol. The summed E-state index contributed by atoms with van der Waals surface area (Å²) in [5.41, 5.74) is 1.29. The molecule has 2 N–H and O–H groups in total. The molecule has 18 heavy (non-hydrogen) atoms. The van der Waals surface area contributed by atoms with Crippen LogP contribution in [0.4, 0.5) is 0 Å². The van der Waals surface area contributed by atoms with Crippen molar-refractivity contribution in [2.45, 2.75) is 52.5 Å². The molecule has 0 bridgehead atoms. The van der Waals surface area contributed by atoms with E-state index in [-0.39, 0.29) is 17.7 Å². The largest absolute Gasteiger partial charge is 0.507 e. The van der Waals surface area contributed by atoms with Gasteiger partial charge in [0.15, 0.2) is 0 Å². The molecule has 0 heterocycles. The summed E-state index contributed by atoms with van der Waals surface area (Å²) in [5.74, 6) is -0.148. The Labute approximate surface area is 109 Å². The van der Waals surface area contributed by atoms with Crippen LogP contribution in [0.1, 0.15) is 55.5 Å². The third-order valence-electron chi connectivity index (χ3n) is 3.02. The lowest BCUT2D eigenvalue weighted by atomic mass is 10.1. The normalized spacial score (nSPS) is 12.2. The monoisotopic (exact) mass is 249 g/mol. The van der Waals surface area contributed by atoms with Gasteiger partial charge in [0.2, 0.25) is 0 Å². The first-order chi connectivity index (χ1) is 8.54. The van der Waals surface area contributed by atoms with Crippen LogP contribution in [0.25, 0.3) is 0 Å². The Morgan fingerprint density at radius 3 is 2.72 bits per heavy atom.